The number of nitrogens with one attached hydrogen (secondary N) is 2. The minimum Gasteiger partial charge on any atom is -0.460 e. The molecule has 4 fully saturated rings. The molecule has 0 spiro atoms. The first-order valence-electron chi connectivity index (χ1n) is 35.2. The minimum atomic E-state index is -2.48. The molecule has 2 aromatic rings. The highest BCUT2D eigenvalue weighted by atomic mass is 16.6. The third kappa shape index (κ3) is 23.2. The van der Waals surface area contributed by atoms with E-state index in [1.807, 2.05) is 61.0 Å². The fourth-order valence-corrected chi connectivity index (χ4v) is 13.6. The number of ketones is 2. The maximum absolute atomic E-state index is 14.7. The Hall–Kier alpha value is -6.66. The van der Waals surface area contributed by atoms with Gasteiger partial charge in [0.05, 0.1) is 63.0 Å². The Kier molecular flexibility index (Phi) is 31.8. The molecule has 0 unspecified atom stereocenters. The van der Waals surface area contributed by atoms with Crippen molar-refractivity contribution >= 4 is 47.3 Å². The average Bonchev–Trinajstić information content (AvgIpc) is 0.777. The number of hydrogen-bond acceptors (Lipinski definition) is 24. The normalized spacial score (nSPS) is 32.1. The fraction of sp³-hybridized carbons (Fsp3) is 0.694. The maximum Gasteiger partial charge on any atom is 0.407 e. The van der Waals surface area contributed by atoms with E-state index in [0.717, 1.165) is 5.57 Å². The average molecular weight is 1390 g/mol. The summed E-state index contributed by atoms with van der Waals surface area (Å²) in [4.78, 5) is 107. The highest BCUT2D eigenvalue weighted by Gasteiger charge is 2.53. The van der Waals surface area contributed by atoms with Crippen molar-refractivity contribution in [3.8, 4) is 0 Å². The Bertz CT molecular complexity index is 3040. The molecule has 4 aliphatic heterocycles. The SMILES string of the molecule is COCCOCCOCCNC(=O)c1cnc(N2CCN(c3ncc(CNC(=O)O[C@@H]4CC[C@@H](C[C@@H](C)[C@@H]5C[C@@H](O)[C@H](C)/C=C(\C)[C@@H](O)[C@@H](O)C(=O)[C@H](C)C[C@H](C)/C=C/C=C/C=C(\C)[C@@H](OC)C[C@@H]6CC[C@@H](C)[C@@](O)(O6)C(=O)C(=O)N6CCCC[C@H]6C(=O)O5)C[C@H]4OC)cn3)CC2)nc1. The van der Waals surface area contributed by atoms with E-state index in [1.165, 1.54) is 17.3 Å². The van der Waals surface area contributed by atoms with Gasteiger partial charge >= 0.3 is 12.1 Å². The van der Waals surface area contributed by atoms with E-state index in [4.69, 9.17) is 37.9 Å². The molecule has 6 heterocycles. The van der Waals surface area contributed by atoms with Crippen LogP contribution in [0.5, 0.6) is 0 Å². The van der Waals surface area contributed by atoms with Gasteiger partial charge in [-0.25, -0.2) is 29.5 Å². The molecule has 16 atom stereocenters. The Morgan fingerprint density at radius 2 is 1.38 bits per heavy atom. The number of ether oxygens (including phenoxy) is 8. The van der Waals surface area contributed by atoms with Crippen LogP contribution < -0.4 is 20.4 Å². The molecule has 27 nitrogen and oxygen atoms in total. The van der Waals surface area contributed by atoms with Gasteiger partial charge < -0.3 is 83.7 Å². The number of fused-ring (bicyclic) bond motifs is 3. The van der Waals surface area contributed by atoms with Crippen LogP contribution >= 0.6 is 0 Å². The summed E-state index contributed by atoms with van der Waals surface area (Å²) < 4.78 is 46.2. The number of hydrogen-bond donors (Lipinski definition) is 6. The number of carbonyl (C=O) groups is 6. The number of aliphatic hydroxyl groups is 4. The van der Waals surface area contributed by atoms with Gasteiger partial charge in [-0.2, -0.15) is 0 Å². The number of alkyl carbamates (subject to hydrolysis) is 1. The van der Waals surface area contributed by atoms with Gasteiger partial charge in [0.25, 0.3) is 17.6 Å². The lowest BCUT2D eigenvalue weighted by molar-refractivity contribution is -0.265. The first-order valence-corrected chi connectivity index (χ1v) is 35.2. The Morgan fingerprint density at radius 1 is 0.717 bits per heavy atom. The van der Waals surface area contributed by atoms with Crippen LogP contribution in [0.1, 0.15) is 141 Å². The number of carbonyl (C=O) groups excluding carboxylic acids is 6. The second kappa shape index (κ2) is 39.5. The second-order valence-corrected chi connectivity index (χ2v) is 27.4. The molecule has 0 radical (unpaired) electrons. The van der Waals surface area contributed by atoms with Gasteiger partial charge in [-0.15, -0.1) is 0 Å². The standard InChI is InChI=1S/C72H109N9O18/c1-45-16-12-11-13-17-46(2)59(93-9)38-55-21-19-51(7)72(91,99-55)65(86)67(88)81-24-15-14-18-56(81)68(89)97-60(39-57(82)47(3)35-50(6)63(84)64(85)62(83)49(5)34-45)48(4)36-52-20-22-58(61(37-52)94-10)98-71(90)78-42-53-40-74-69(75-41-53)79-25-27-80(28-26-79)70-76-43-54(44-77-70)66(87)73-23-29-95-32-33-96-31-30-92-8/h11-13,16-17,35,40-41,43-45,47-49,51-52,55-61,63-64,82,84-85,91H,14-15,18-34,36-39,42H2,1-10H3,(H,73,87)(H,78,90)/b13-11+,16-12+,46-17+,50-35+/t45-,47-,48-,49-,51-,52+,55+,56+,57-,58-,59+,60+,61-,63-,64+,72-/m1/s1. The molecule has 2 bridgehead atoms. The Morgan fingerprint density at radius 3 is 2.05 bits per heavy atom. The zero-order valence-electron chi connectivity index (χ0n) is 59.5. The summed E-state index contributed by atoms with van der Waals surface area (Å²) in [7, 11) is 4.73. The van der Waals surface area contributed by atoms with E-state index < -0.39 is 114 Å². The van der Waals surface area contributed by atoms with Crippen molar-refractivity contribution in [2.45, 2.75) is 193 Å². The Balaban J connectivity index is 0.954. The molecule has 3 amide bonds. The molecule has 6 N–H and O–H groups in total. The van der Waals surface area contributed by atoms with Gasteiger partial charge in [-0.05, 0) is 107 Å². The number of cyclic esters (lactones) is 1. The number of rotatable bonds is 20. The van der Waals surface area contributed by atoms with Crippen LogP contribution in [0.15, 0.2) is 72.4 Å². The summed E-state index contributed by atoms with van der Waals surface area (Å²) >= 11 is 0. The molecule has 550 valence electrons. The smallest absolute Gasteiger partial charge is 0.407 e. The lowest BCUT2D eigenvalue weighted by Crippen LogP contribution is -2.61. The van der Waals surface area contributed by atoms with Crippen molar-refractivity contribution in [2.75, 3.05) is 103 Å². The summed E-state index contributed by atoms with van der Waals surface area (Å²) in [6, 6.07) is -1.20. The predicted molar refractivity (Wildman–Crippen MR) is 367 cm³/mol. The number of anilines is 2. The summed E-state index contributed by atoms with van der Waals surface area (Å²) in [6.07, 6.45) is 13.8. The zero-order valence-corrected chi connectivity index (χ0v) is 59.5. The number of aromatic nitrogens is 4. The first kappa shape index (κ1) is 79.7. The summed E-state index contributed by atoms with van der Waals surface area (Å²) in [5, 5.41) is 52.3. The minimum absolute atomic E-state index is 0.0180. The van der Waals surface area contributed by atoms with E-state index in [0.29, 0.717) is 147 Å². The lowest BCUT2D eigenvalue weighted by atomic mass is 9.78. The number of amides is 3. The van der Waals surface area contributed by atoms with Crippen LogP contribution in [0.25, 0.3) is 0 Å². The molecule has 7 rings (SSSR count). The van der Waals surface area contributed by atoms with Crippen LogP contribution in [-0.2, 0) is 63.6 Å². The highest BCUT2D eigenvalue weighted by molar-refractivity contribution is 6.39. The molecule has 3 saturated heterocycles. The number of esters is 1. The van der Waals surface area contributed by atoms with Crippen molar-refractivity contribution in [3.63, 3.8) is 0 Å². The van der Waals surface area contributed by atoms with Crippen LogP contribution in [-0.4, -0.2) is 235 Å². The Labute approximate surface area is 582 Å². The number of Topliss-reactive ketones (excluding diaryl/α,β-unsaturated/α-hetero) is 2. The fourth-order valence-electron chi connectivity index (χ4n) is 13.6. The quantitative estimate of drug-likeness (QED) is 0.0408. The van der Waals surface area contributed by atoms with Crippen molar-refractivity contribution < 1.29 is 87.1 Å². The van der Waals surface area contributed by atoms with Gasteiger partial charge in [0, 0.05) is 128 Å². The number of piperazine rings is 1. The molecule has 1 saturated carbocycles. The van der Waals surface area contributed by atoms with Crippen LogP contribution in [0.3, 0.4) is 0 Å². The third-order valence-electron chi connectivity index (χ3n) is 19.9. The molecule has 2 aromatic heterocycles. The summed E-state index contributed by atoms with van der Waals surface area (Å²) in [5.41, 5.74) is 2.11. The predicted octanol–water partition coefficient (Wildman–Crippen LogP) is 5.57. The molecule has 27 heteroatoms. The first-order chi connectivity index (χ1) is 47.4. The molecule has 0 aromatic carbocycles. The van der Waals surface area contributed by atoms with Gasteiger partial charge in [0.2, 0.25) is 17.7 Å². The molecule has 1 aliphatic carbocycles. The maximum atomic E-state index is 14.7. The summed E-state index contributed by atoms with van der Waals surface area (Å²) in [6.45, 7) is 17.5. The zero-order chi connectivity index (χ0) is 71.8. The highest BCUT2D eigenvalue weighted by Crippen LogP contribution is 2.39. The molecule has 99 heavy (non-hydrogen) atoms. The van der Waals surface area contributed by atoms with Gasteiger partial charge in [-0.3, -0.25) is 19.2 Å². The number of nitrogens with zero attached hydrogens (tertiary/aromatic N) is 7. The van der Waals surface area contributed by atoms with E-state index in [1.54, 1.807) is 67.5 Å². The number of allylic oxidation sites excluding steroid dienone is 5. The van der Waals surface area contributed by atoms with Crippen molar-refractivity contribution in [1.29, 1.82) is 0 Å². The van der Waals surface area contributed by atoms with E-state index in [9.17, 15) is 49.2 Å². The van der Waals surface area contributed by atoms with Gasteiger partial charge in [0.15, 0.2) is 5.78 Å². The van der Waals surface area contributed by atoms with E-state index >= 15 is 0 Å². The molecular weight excluding hydrogens is 1280 g/mol. The largest absolute Gasteiger partial charge is 0.460 e. The monoisotopic (exact) mass is 1390 g/mol. The topological polar surface area (TPSA) is 343 Å². The van der Waals surface area contributed by atoms with Gasteiger partial charge in [-0.1, -0.05) is 71.1 Å². The molecule has 5 aliphatic rings. The van der Waals surface area contributed by atoms with Crippen molar-refractivity contribution in [2.24, 2.45) is 35.5 Å². The van der Waals surface area contributed by atoms with Gasteiger partial charge in [0.1, 0.15) is 30.5 Å². The number of methoxy groups -OCH3 is 3. The van der Waals surface area contributed by atoms with E-state index in [2.05, 4.69) is 30.6 Å². The van der Waals surface area contributed by atoms with Crippen LogP contribution in [0, 0.1) is 35.5 Å². The second-order valence-electron chi connectivity index (χ2n) is 27.4. The number of piperidine rings is 1. The van der Waals surface area contributed by atoms with Crippen LogP contribution in [0.2, 0.25) is 0 Å². The number of aliphatic hydroxyl groups excluding tert-OH is 3. The van der Waals surface area contributed by atoms with Crippen molar-refractivity contribution in [1.82, 2.24) is 35.5 Å². The summed E-state index contributed by atoms with van der Waals surface area (Å²) in [5.74, 6) is -7.77. The lowest BCUT2D eigenvalue weighted by Gasteiger charge is -2.43. The van der Waals surface area contributed by atoms with E-state index in [-0.39, 0.29) is 55.7 Å². The third-order valence-corrected chi connectivity index (χ3v) is 19.9. The molecular formula is C72H109N9O18. The van der Waals surface area contributed by atoms with Crippen molar-refractivity contribution in [3.05, 3.63) is 83.5 Å². The van der Waals surface area contributed by atoms with Crippen LogP contribution in [0.4, 0.5) is 16.7 Å².